The number of primary amides is 1. The molecule has 1 unspecified atom stereocenters. The first kappa shape index (κ1) is 21.2. The van der Waals surface area contributed by atoms with E-state index in [1.807, 2.05) is 0 Å². The molecule has 2 amide bonds. The largest absolute Gasteiger partial charge is 0.363 e. The van der Waals surface area contributed by atoms with Crippen LogP contribution < -0.4 is 11.1 Å². The van der Waals surface area contributed by atoms with Gasteiger partial charge in [0.15, 0.2) is 0 Å². The highest BCUT2D eigenvalue weighted by Crippen LogP contribution is 2.25. The number of aromatic nitrogens is 2. The van der Waals surface area contributed by atoms with Gasteiger partial charge >= 0.3 is 0 Å². The van der Waals surface area contributed by atoms with Crippen molar-refractivity contribution in [2.75, 3.05) is 0 Å². The summed E-state index contributed by atoms with van der Waals surface area (Å²) in [5, 5.41) is 7.20. The summed E-state index contributed by atoms with van der Waals surface area (Å²) in [6, 6.07) is 11.3. The molecule has 1 heterocycles. The van der Waals surface area contributed by atoms with Gasteiger partial charge in [-0.25, -0.2) is 4.39 Å². The van der Waals surface area contributed by atoms with Gasteiger partial charge in [0.05, 0.1) is 5.56 Å². The standard InChI is InChI=1S/C21H18ClFN4O3/c1-27-11-15(18(26-27)14-4-2-3-5-16(14)23)21(30)25-17(19(28)20(24)29)10-12-6-8-13(22)9-7-12/h2-9,11,17H,10H2,1H3,(H2,24,29)(H,25,30). The number of nitrogens with two attached hydrogens (primary N) is 1. The minimum absolute atomic E-state index is 0.0278. The van der Waals surface area contributed by atoms with Gasteiger partial charge in [0.2, 0.25) is 5.78 Å². The lowest BCUT2D eigenvalue weighted by molar-refractivity contribution is -0.137. The van der Waals surface area contributed by atoms with E-state index in [2.05, 4.69) is 10.4 Å². The lowest BCUT2D eigenvalue weighted by Crippen LogP contribution is -2.47. The van der Waals surface area contributed by atoms with Crippen LogP contribution in [0.3, 0.4) is 0 Å². The molecule has 3 aromatic rings. The fourth-order valence-corrected chi connectivity index (χ4v) is 3.11. The van der Waals surface area contributed by atoms with E-state index in [4.69, 9.17) is 17.3 Å². The van der Waals surface area contributed by atoms with Crippen LogP contribution in [0.1, 0.15) is 15.9 Å². The molecule has 9 heteroatoms. The first-order valence-electron chi connectivity index (χ1n) is 8.93. The highest BCUT2D eigenvalue weighted by atomic mass is 35.5. The van der Waals surface area contributed by atoms with E-state index in [1.54, 1.807) is 37.4 Å². The van der Waals surface area contributed by atoms with Crippen LogP contribution in [-0.2, 0) is 23.1 Å². The molecule has 0 saturated heterocycles. The molecule has 0 radical (unpaired) electrons. The quantitative estimate of drug-likeness (QED) is 0.563. The van der Waals surface area contributed by atoms with Gasteiger partial charge in [-0.15, -0.1) is 0 Å². The van der Waals surface area contributed by atoms with Gasteiger partial charge in [-0.2, -0.15) is 5.10 Å². The number of rotatable bonds is 7. The Balaban J connectivity index is 1.91. The van der Waals surface area contributed by atoms with Crippen molar-refractivity contribution in [3.63, 3.8) is 0 Å². The van der Waals surface area contributed by atoms with E-state index in [-0.39, 0.29) is 23.2 Å². The van der Waals surface area contributed by atoms with Crippen molar-refractivity contribution in [1.82, 2.24) is 15.1 Å². The third-order valence-corrected chi connectivity index (χ3v) is 4.67. The Morgan fingerprint density at radius 3 is 2.47 bits per heavy atom. The predicted molar refractivity (Wildman–Crippen MR) is 109 cm³/mol. The number of carbonyl (C=O) groups excluding carboxylic acids is 3. The zero-order valence-corrected chi connectivity index (χ0v) is 16.7. The fraction of sp³-hybridized carbons (Fsp3) is 0.143. The van der Waals surface area contributed by atoms with Gasteiger partial charge in [0.1, 0.15) is 17.6 Å². The molecule has 0 saturated carbocycles. The van der Waals surface area contributed by atoms with Gasteiger partial charge in [-0.1, -0.05) is 35.9 Å². The fourth-order valence-electron chi connectivity index (χ4n) is 2.98. The Morgan fingerprint density at radius 2 is 1.83 bits per heavy atom. The van der Waals surface area contributed by atoms with Crippen molar-refractivity contribution >= 4 is 29.2 Å². The number of ketones is 1. The number of aryl methyl sites for hydroxylation is 1. The number of nitrogens with one attached hydrogen (secondary N) is 1. The SMILES string of the molecule is Cn1cc(C(=O)NC(Cc2ccc(Cl)cc2)C(=O)C(N)=O)c(-c2ccccc2F)n1. The van der Waals surface area contributed by atoms with E-state index in [0.717, 1.165) is 0 Å². The van der Waals surface area contributed by atoms with E-state index in [0.29, 0.717) is 10.6 Å². The van der Waals surface area contributed by atoms with Crippen molar-refractivity contribution < 1.29 is 18.8 Å². The monoisotopic (exact) mass is 428 g/mol. The molecule has 0 fully saturated rings. The van der Waals surface area contributed by atoms with E-state index >= 15 is 0 Å². The second kappa shape index (κ2) is 8.87. The van der Waals surface area contributed by atoms with Crippen molar-refractivity contribution in [3.05, 3.63) is 76.7 Å². The number of Topliss-reactive ketones (excluding diaryl/α,β-unsaturated/α-hetero) is 1. The summed E-state index contributed by atoms with van der Waals surface area (Å²) in [6.45, 7) is 0. The van der Waals surface area contributed by atoms with Crippen LogP contribution in [-0.4, -0.2) is 33.4 Å². The van der Waals surface area contributed by atoms with E-state index < -0.39 is 29.5 Å². The summed E-state index contributed by atoms with van der Waals surface area (Å²) in [5.41, 5.74) is 6.12. The number of amides is 2. The molecule has 154 valence electrons. The van der Waals surface area contributed by atoms with Crippen LogP contribution in [0.5, 0.6) is 0 Å². The lowest BCUT2D eigenvalue weighted by atomic mass is 10.0. The molecule has 3 N–H and O–H groups in total. The molecule has 0 aliphatic heterocycles. The van der Waals surface area contributed by atoms with Gasteiger partial charge in [-0.05, 0) is 29.8 Å². The summed E-state index contributed by atoms with van der Waals surface area (Å²) < 4.78 is 15.6. The topological polar surface area (TPSA) is 107 Å². The maximum Gasteiger partial charge on any atom is 0.287 e. The normalized spacial score (nSPS) is 11.7. The van der Waals surface area contributed by atoms with Gasteiger partial charge in [0.25, 0.3) is 11.8 Å². The Hall–Kier alpha value is -3.52. The number of benzene rings is 2. The summed E-state index contributed by atoms with van der Waals surface area (Å²) in [6.07, 6.45) is 1.44. The maximum absolute atomic E-state index is 14.2. The smallest absolute Gasteiger partial charge is 0.287 e. The Labute approximate surface area is 176 Å². The van der Waals surface area contributed by atoms with Crippen LogP contribution >= 0.6 is 11.6 Å². The third kappa shape index (κ3) is 4.72. The van der Waals surface area contributed by atoms with Crippen molar-refractivity contribution in [1.29, 1.82) is 0 Å². The zero-order chi connectivity index (χ0) is 21.8. The number of halogens is 2. The Kier molecular flexibility index (Phi) is 6.27. The second-order valence-electron chi connectivity index (χ2n) is 6.63. The van der Waals surface area contributed by atoms with Gasteiger partial charge in [0, 0.05) is 30.3 Å². The first-order valence-corrected chi connectivity index (χ1v) is 9.31. The minimum atomic E-state index is -1.20. The molecular formula is C21H18ClFN4O3. The average molecular weight is 429 g/mol. The molecule has 30 heavy (non-hydrogen) atoms. The van der Waals surface area contributed by atoms with Crippen LogP contribution in [0.25, 0.3) is 11.3 Å². The average Bonchev–Trinajstić information content (AvgIpc) is 3.10. The van der Waals surface area contributed by atoms with Gasteiger partial charge in [-0.3, -0.25) is 19.1 Å². The molecular weight excluding hydrogens is 411 g/mol. The minimum Gasteiger partial charge on any atom is -0.363 e. The summed E-state index contributed by atoms with van der Waals surface area (Å²) >= 11 is 5.87. The molecule has 7 nitrogen and oxygen atoms in total. The summed E-state index contributed by atoms with van der Waals surface area (Å²) in [5.74, 6) is -3.35. The third-order valence-electron chi connectivity index (χ3n) is 4.42. The van der Waals surface area contributed by atoms with Crippen LogP contribution in [0, 0.1) is 5.82 Å². The molecule has 3 rings (SSSR count). The van der Waals surface area contributed by atoms with Crippen molar-refractivity contribution in [2.45, 2.75) is 12.5 Å². The predicted octanol–water partition coefficient (Wildman–Crippen LogP) is 2.28. The molecule has 1 atom stereocenters. The summed E-state index contributed by atoms with van der Waals surface area (Å²) in [7, 11) is 1.58. The molecule has 0 aliphatic rings. The highest BCUT2D eigenvalue weighted by Gasteiger charge is 2.28. The number of hydrogen-bond acceptors (Lipinski definition) is 4. The Morgan fingerprint density at radius 1 is 1.17 bits per heavy atom. The van der Waals surface area contributed by atoms with Crippen LogP contribution in [0.2, 0.25) is 5.02 Å². The number of carbonyl (C=O) groups is 3. The zero-order valence-electron chi connectivity index (χ0n) is 15.9. The van der Waals surface area contributed by atoms with Gasteiger partial charge < -0.3 is 11.1 Å². The van der Waals surface area contributed by atoms with E-state index in [9.17, 15) is 18.8 Å². The van der Waals surface area contributed by atoms with Crippen molar-refractivity contribution in [2.24, 2.45) is 12.8 Å². The molecule has 1 aromatic heterocycles. The molecule has 2 aromatic carbocycles. The Bertz CT molecular complexity index is 1110. The van der Waals surface area contributed by atoms with Crippen LogP contribution in [0.15, 0.2) is 54.7 Å². The second-order valence-corrected chi connectivity index (χ2v) is 7.07. The first-order chi connectivity index (χ1) is 14.3. The molecule has 0 bridgehead atoms. The molecule has 0 spiro atoms. The number of nitrogens with zero attached hydrogens (tertiary/aromatic N) is 2. The van der Waals surface area contributed by atoms with Crippen LogP contribution in [0.4, 0.5) is 4.39 Å². The highest BCUT2D eigenvalue weighted by molar-refractivity contribution is 6.38. The van der Waals surface area contributed by atoms with Crippen molar-refractivity contribution in [3.8, 4) is 11.3 Å². The maximum atomic E-state index is 14.2. The van der Waals surface area contributed by atoms with E-state index in [1.165, 1.54) is 29.1 Å². The lowest BCUT2D eigenvalue weighted by Gasteiger charge is -2.16. The summed E-state index contributed by atoms with van der Waals surface area (Å²) in [4.78, 5) is 36.7. The molecule has 0 aliphatic carbocycles. The number of hydrogen-bond donors (Lipinski definition) is 2.